The summed E-state index contributed by atoms with van der Waals surface area (Å²) in [7, 11) is 0. The summed E-state index contributed by atoms with van der Waals surface area (Å²) < 4.78 is 6.26. The molecule has 0 aliphatic carbocycles. The fraction of sp³-hybridized carbons (Fsp3) is 0.310. The van der Waals surface area contributed by atoms with Gasteiger partial charge in [0.25, 0.3) is 0 Å². The van der Waals surface area contributed by atoms with E-state index in [9.17, 15) is 9.59 Å². The van der Waals surface area contributed by atoms with Crippen molar-refractivity contribution in [3.05, 3.63) is 96.1 Å². The molecule has 0 aromatic heterocycles. The Labute approximate surface area is 206 Å². The number of Topliss-reactive ketones (excluding diaryl/α,β-unsaturated/α-hetero) is 1. The Morgan fingerprint density at radius 3 is 2.32 bits per heavy atom. The third-order valence-corrected chi connectivity index (χ3v) is 7.13. The van der Waals surface area contributed by atoms with E-state index in [0.717, 1.165) is 34.6 Å². The summed E-state index contributed by atoms with van der Waals surface area (Å²) in [5, 5.41) is 0. The maximum atomic E-state index is 13.7. The lowest BCUT2D eigenvalue weighted by molar-refractivity contribution is -0.175. The summed E-state index contributed by atoms with van der Waals surface area (Å²) in [6, 6.07) is 26.9. The molecule has 4 nitrogen and oxygen atoms in total. The third-order valence-electron chi connectivity index (χ3n) is 6.41. The van der Waals surface area contributed by atoms with Crippen molar-refractivity contribution < 1.29 is 14.3 Å². The van der Waals surface area contributed by atoms with Gasteiger partial charge in [-0.15, -0.1) is 11.8 Å². The lowest BCUT2D eigenvalue weighted by atomic mass is 9.80. The first kappa shape index (κ1) is 24.1. The maximum absolute atomic E-state index is 13.7. The van der Waals surface area contributed by atoms with Gasteiger partial charge in [-0.25, -0.2) is 4.79 Å². The average molecular weight is 474 g/mol. The van der Waals surface area contributed by atoms with Gasteiger partial charge >= 0.3 is 5.97 Å². The first-order valence-corrected chi connectivity index (χ1v) is 13.0. The van der Waals surface area contributed by atoms with Crippen LogP contribution in [0.2, 0.25) is 0 Å². The molecule has 5 heteroatoms. The van der Waals surface area contributed by atoms with Crippen molar-refractivity contribution in [3.8, 4) is 0 Å². The van der Waals surface area contributed by atoms with E-state index in [4.69, 9.17) is 4.74 Å². The zero-order valence-electron chi connectivity index (χ0n) is 19.8. The van der Waals surface area contributed by atoms with Crippen molar-refractivity contribution >= 4 is 29.2 Å². The lowest BCUT2D eigenvalue weighted by Crippen LogP contribution is -2.56. The van der Waals surface area contributed by atoms with E-state index in [-0.39, 0.29) is 12.2 Å². The Bertz CT molecular complexity index is 1100. The molecule has 0 amide bonds. The predicted molar refractivity (Wildman–Crippen MR) is 138 cm³/mol. The van der Waals surface area contributed by atoms with Gasteiger partial charge in [0.2, 0.25) is 0 Å². The summed E-state index contributed by atoms with van der Waals surface area (Å²) in [5.74, 6) is -0.549. The highest BCUT2D eigenvalue weighted by atomic mass is 32.2. The summed E-state index contributed by atoms with van der Waals surface area (Å²) in [4.78, 5) is 30.3. The van der Waals surface area contributed by atoms with E-state index < -0.39 is 17.6 Å². The Morgan fingerprint density at radius 1 is 0.971 bits per heavy atom. The number of benzene rings is 3. The van der Waals surface area contributed by atoms with E-state index in [1.807, 2.05) is 84.0 Å². The topological polar surface area (TPSA) is 46.6 Å². The van der Waals surface area contributed by atoms with Gasteiger partial charge in [0, 0.05) is 17.1 Å². The summed E-state index contributed by atoms with van der Waals surface area (Å²) in [6.45, 7) is 2.66. The quantitative estimate of drug-likeness (QED) is 0.215. The van der Waals surface area contributed by atoms with E-state index >= 15 is 0 Å². The number of carbonyl (C=O) groups is 2. The largest absolute Gasteiger partial charge is 0.452 e. The zero-order valence-corrected chi connectivity index (χ0v) is 20.6. The van der Waals surface area contributed by atoms with Crippen molar-refractivity contribution in [1.82, 2.24) is 0 Å². The van der Waals surface area contributed by atoms with Crippen molar-refractivity contribution in [2.45, 2.75) is 49.1 Å². The molecule has 2 unspecified atom stereocenters. The van der Waals surface area contributed by atoms with E-state index in [0.29, 0.717) is 13.0 Å². The minimum atomic E-state index is -0.958. The smallest absolute Gasteiger partial charge is 0.337 e. The summed E-state index contributed by atoms with van der Waals surface area (Å²) in [5.41, 5.74) is 1.95. The van der Waals surface area contributed by atoms with Crippen molar-refractivity contribution in [3.63, 3.8) is 0 Å². The second kappa shape index (κ2) is 10.9. The van der Waals surface area contributed by atoms with Crippen molar-refractivity contribution in [2.24, 2.45) is 0 Å². The molecule has 0 radical (unpaired) electrons. The molecule has 2 atom stereocenters. The SMILES string of the molecule is CCCN(c1cccc(SC)c1)C1C(=O)CC(CCc2ccccc2)(c2ccccc2)OC1=O. The minimum absolute atomic E-state index is 0.0869. The van der Waals surface area contributed by atoms with E-state index in [2.05, 4.69) is 19.1 Å². The van der Waals surface area contributed by atoms with E-state index in [1.165, 1.54) is 0 Å². The molecule has 34 heavy (non-hydrogen) atoms. The molecule has 0 saturated carbocycles. The second-order valence-electron chi connectivity index (χ2n) is 8.71. The van der Waals surface area contributed by atoms with Crippen LogP contribution in [-0.4, -0.2) is 30.6 Å². The van der Waals surface area contributed by atoms with Crippen LogP contribution in [0.25, 0.3) is 0 Å². The lowest BCUT2D eigenvalue weighted by Gasteiger charge is -2.42. The number of hydrogen-bond acceptors (Lipinski definition) is 5. The van der Waals surface area contributed by atoms with Crippen LogP contribution in [0.3, 0.4) is 0 Å². The number of cyclic esters (lactones) is 1. The van der Waals surface area contributed by atoms with Gasteiger partial charge in [-0.2, -0.15) is 0 Å². The number of carbonyl (C=O) groups excluding carboxylic acids is 2. The van der Waals surface area contributed by atoms with Crippen LogP contribution >= 0.6 is 11.8 Å². The van der Waals surface area contributed by atoms with Gasteiger partial charge in [0.1, 0.15) is 5.60 Å². The normalized spacial score (nSPS) is 20.1. The van der Waals surface area contributed by atoms with E-state index in [1.54, 1.807) is 11.8 Å². The molecule has 0 bridgehead atoms. The Morgan fingerprint density at radius 2 is 1.68 bits per heavy atom. The van der Waals surface area contributed by atoms with Gasteiger partial charge < -0.3 is 9.64 Å². The molecule has 1 fully saturated rings. The summed E-state index contributed by atoms with van der Waals surface area (Å²) >= 11 is 1.64. The molecule has 1 heterocycles. The van der Waals surface area contributed by atoms with Gasteiger partial charge in [-0.3, -0.25) is 4.79 Å². The van der Waals surface area contributed by atoms with Crippen LogP contribution in [0.4, 0.5) is 5.69 Å². The van der Waals surface area contributed by atoms with Gasteiger partial charge in [-0.05, 0) is 54.8 Å². The van der Waals surface area contributed by atoms with Crippen LogP contribution in [-0.2, 0) is 26.3 Å². The first-order chi connectivity index (χ1) is 16.6. The standard InChI is InChI=1S/C29H31NO3S/c1-3-19-30(24-15-10-16-25(20-24)34-2)27-26(31)21-29(33-28(27)32,23-13-8-5-9-14-23)18-17-22-11-6-4-7-12-22/h4-16,20,27H,3,17-19,21H2,1-2H3. The summed E-state index contributed by atoms with van der Waals surface area (Å²) in [6.07, 6.45) is 4.28. The second-order valence-corrected chi connectivity index (χ2v) is 9.59. The molecule has 1 aliphatic rings. The number of anilines is 1. The molecule has 3 aromatic carbocycles. The Kier molecular flexibility index (Phi) is 7.73. The highest BCUT2D eigenvalue weighted by molar-refractivity contribution is 7.98. The molecule has 1 aliphatic heterocycles. The van der Waals surface area contributed by atoms with Crippen molar-refractivity contribution in [1.29, 1.82) is 0 Å². The third kappa shape index (κ3) is 5.20. The molecule has 3 aromatic rings. The van der Waals surface area contributed by atoms with Crippen LogP contribution in [0.1, 0.15) is 37.3 Å². The molecular formula is C29H31NO3S. The van der Waals surface area contributed by atoms with Gasteiger partial charge in [-0.1, -0.05) is 73.7 Å². The highest BCUT2D eigenvalue weighted by Crippen LogP contribution is 2.40. The number of esters is 1. The van der Waals surface area contributed by atoms with Crippen LogP contribution < -0.4 is 4.90 Å². The molecule has 0 N–H and O–H groups in total. The molecule has 176 valence electrons. The highest BCUT2D eigenvalue weighted by Gasteiger charge is 2.49. The number of ketones is 1. The molecule has 0 spiro atoms. The minimum Gasteiger partial charge on any atom is -0.452 e. The Hall–Kier alpha value is -3.05. The van der Waals surface area contributed by atoms with Crippen LogP contribution in [0, 0.1) is 0 Å². The van der Waals surface area contributed by atoms with Crippen molar-refractivity contribution in [2.75, 3.05) is 17.7 Å². The molecule has 1 saturated heterocycles. The number of hydrogen-bond donors (Lipinski definition) is 0. The molecular weight excluding hydrogens is 442 g/mol. The average Bonchev–Trinajstić information content (AvgIpc) is 2.88. The van der Waals surface area contributed by atoms with Gasteiger partial charge in [0.15, 0.2) is 11.8 Å². The molecule has 4 rings (SSSR count). The number of ether oxygens (including phenoxy) is 1. The zero-order chi connectivity index (χ0) is 24.0. The number of rotatable bonds is 9. The number of thioether (sulfide) groups is 1. The predicted octanol–water partition coefficient (Wildman–Crippen LogP) is 6.04. The van der Waals surface area contributed by atoms with Gasteiger partial charge in [0.05, 0.1) is 6.42 Å². The fourth-order valence-electron chi connectivity index (χ4n) is 4.71. The van der Waals surface area contributed by atoms with Crippen LogP contribution in [0.5, 0.6) is 0 Å². The first-order valence-electron chi connectivity index (χ1n) is 11.8. The monoisotopic (exact) mass is 473 g/mol. The fourth-order valence-corrected chi connectivity index (χ4v) is 5.16. The number of aryl methyl sites for hydroxylation is 1. The van der Waals surface area contributed by atoms with Crippen LogP contribution in [0.15, 0.2) is 89.8 Å². The number of nitrogens with zero attached hydrogens (tertiary/aromatic N) is 1. The maximum Gasteiger partial charge on any atom is 0.337 e. The Balaban J connectivity index is 1.65.